The van der Waals surface area contributed by atoms with Crippen LogP contribution in [0.1, 0.15) is 12.0 Å². The van der Waals surface area contributed by atoms with Crippen LogP contribution in [0, 0.1) is 0 Å². The summed E-state index contributed by atoms with van der Waals surface area (Å²) in [7, 11) is 0. The number of halogens is 3. The van der Waals surface area contributed by atoms with Crippen LogP contribution in [-0.4, -0.2) is 4.98 Å². The molecule has 0 unspecified atom stereocenters. The van der Waals surface area contributed by atoms with Crippen LogP contribution < -0.4 is 0 Å². The van der Waals surface area contributed by atoms with Crippen LogP contribution >= 0.6 is 27.3 Å². The van der Waals surface area contributed by atoms with Crippen molar-refractivity contribution in [1.82, 2.24) is 4.98 Å². The lowest BCUT2D eigenvalue weighted by molar-refractivity contribution is 0.151. The van der Waals surface area contributed by atoms with Crippen LogP contribution in [0.2, 0.25) is 0 Å². The first-order valence-electron chi connectivity index (χ1n) is 3.51. The molecule has 0 atom stereocenters. The third-order valence-corrected chi connectivity index (χ3v) is 3.13. The summed E-state index contributed by atoms with van der Waals surface area (Å²) in [6, 6.07) is 4.51. The predicted octanol–water partition coefficient (Wildman–Crippen LogP) is 4.00. The number of fused-ring (bicyclic) bond motifs is 1. The number of aromatic nitrogens is 1. The van der Waals surface area contributed by atoms with E-state index in [1.807, 2.05) is 0 Å². The number of hydrogen-bond acceptors (Lipinski definition) is 2. The van der Waals surface area contributed by atoms with E-state index in [4.69, 9.17) is 0 Å². The van der Waals surface area contributed by atoms with Gasteiger partial charge in [-0.25, -0.2) is 13.8 Å². The largest absolute Gasteiger partial charge is 0.263 e. The minimum atomic E-state index is -2.43. The second-order valence-corrected chi connectivity index (χ2v) is 4.80. The minimum Gasteiger partial charge on any atom is -0.229 e. The smallest absolute Gasteiger partial charge is 0.229 e. The molecule has 1 nitrogen and oxygen atoms in total. The van der Waals surface area contributed by atoms with E-state index < -0.39 is 6.43 Å². The summed E-state index contributed by atoms with van der Waals surface area (Å²) < 4.78 is 26.2. The molecule has 1 aromatic carbocycles. The maximum absolute atomic E-state index is 12.3. The quantitative estimate of drug-likeness (QED) is 0.758. The fourth-order valence-corrected chi connectivity index (χ4v) is 2.44. The second-order valence-electron chi connectivity index (χ2n) is 2.49. The Hall–Kier alpha value is -0.550. The van der Waals surface area contributed by atoms with Crippen molar-refractivity contribution in [3.8, 4) is 0 Å². The van der Waals surface area contributed by atoms with Crippen molar-refractivity contribution in [3.05, 3.63) is 27.7 Å². The highest BCUT2D eigenvalue weighted by Gasteiger charge is 2.09. The summed E-state index contributed by atoms with van der Waals surface area (Å²) in [5.41, 5.74) is 0.639. The Morgan fingerprint density at radius 1 is 1.38 bits per heavy atom. The summed E-state index contributed by atoms with van der Waals surface area (Å²) in [5.74, 6) is 0. The molecule has 0 aliphatic carbocycles. The SMILES string of the molecule is FC(F)c1ccc2sc(Br)nc2c1. The number of rotatable bonds is 1. The number of hydrogen-bond donors (Lipinski definition) is 0. The Morgan fingerprint density at radius 3 is 2.85 bits per heavy atom. The van der Waals surface area contributed by atoms with Gasteiger partial charge in [0.05, 0.1) is 10.2 Å². The normalized spacial score (nSPS) is 11.4. The van der Waals surface area contributed by atoms with E-state index in [1.54, 1.807) is 6.07 Å². The van der Waals surface area contributed by atoms with E-state index in [9.17, 15) is 8.78 Å². The zero-order chi connectivity index (χ0) is 9.42. The summed E-state index contributed by atoms with van der Waals surface area (Å²) in [6.45, 7) is 0. The topological polar surface area (TPSA) is 12.9 Å². The highest BCUT2D eigenvalue weighted by atomic mass is 79.9. The first kappa shape index (κ1) is 9.02. The van der Waals surface area contributed by atoms with Gasteiger partial charge in [0.2, 0.25) is 0 Å². The van der Waals surface area contributed by atoms with Crippen molar-refractivity contribution in [1.29, 1.82) is 0 Å². The lowest BCUT2D eigenvalue weighted by Gasteiger charge is -1.96. The molecule has 5 heteroatoms. The van der Waals surface area contributed by atoms with E-state index in [2.05, 4.69) is 20.9 Å². The molecule has 0 aliphatic rings. The van der Waals surface area contributed by atoms with Gasteiger partial charge in [-0.3, -0.25) is 0 Å². The van der Waals surface area contributed by atoms with E-state index >= 15 is 0 Å². The fraction of sp³-hybridized carbons (Fsp3) is 0.125. The van der Waals surface area contributed by atoms with Crippen LogP contribution in [0.4, 0.5) is 8.78 Å². The number of thiazole rings is 1. The van der Waals surface area contributed by atoms with Gasteiger partial charge in [-0.2, -0.15) is 0 Å². The third-order valence-electron chi connectivity index (χ3n) is 1.64. The Balaban J connectivity index is 2.61. The maximum atomic E-state index is 12.3. The van der Waals surface area contributed by atoms with E-state index in [-0.39, 0.29) is 5.56 Å². The van der Waals surface area contributed by atoms with E-state index in [0.717, 1.165) is 4.70 Å². The monoisotopic (exact) mass is 263 g/mol. The molecule has 1 heterocycles. The molecular formula is C8H4BrF2NS. The van der Waals surface area contributed by atoms with Gasteiger partial charge in [0.15, 0.2) is 3.92 Å². The average molecular weight is 264 g/mol. The molecule has 0 bridgehead atoms. The molecule has 13 heavy (non-hydrogen) atoms. The molecule has 0 N–H and O–H groups in total. The molecule has 0 saturated carbocycles. The Labute approximate surface area is 85.5 Å². The van der Waals surface area contributed by atoms with Crippen molar-refractivity contribution < 1.29 is 8.78 Å². The van der Waals surface area contributed by atoms with Crippen LogP contribution in [-0.2, 0) is 0 Å². The Kier molecular flexibility index (Phi) is 2.29. The van der Waals surface area contributed by atoms with Crippen LogP contribution in [0.25, 0.3) is 10.2 Å². The van der Waals surface area contributed by atoms with Crippen molar-refractivity contribution >= 4 is 37.5 Å². The van der Waals surface area contributed by atoms with Gasteiger partial charge < -0.3 is 0 Å². The second kappa shape index (κ2) is 3.31. The maximum Gasteiger partial charge on any atom is 0.263 e. The van der Waals surface area contributed by atoms with Gasteiger partial charge in [0.25, 0.3) is 6.43 Å². The molecule has 0 saturated heterocycles. The molecular weight excluding hydrogens is 260 g/mol. The summed E-state index contributed by atoms with van der Waals surface area (Å²) in [4.78, 5) is 4.06. The highest BCUT2D eigenvalue weighted by molar-refractivity contribution is 9.11. The molecule has 2 rings (SSSR count). The van der Waals surface area contributed by atoms with E-state index in [0.29, 0.717) is 9.43 Å². The third kappa shape index (κ3) is 1.71. The number of nitrogens with zero attached hydrogens (tertiary/aromatic N) is 1. The van der Waals surface area contributed by atoms with Crippen molar-refractivity contribution in [2.45, 2.75) is 6.43 Å². The van der Waals surface area contributed by atoms with Crippen LogP contribution in [0.15, 0.2) is 22.1 Å². The van der Waals surface area contributed by atoms with Gasteiger partial charge >= 0.3 is 0 Å². The highest BCUT2D eigenvalue weighted by Crippen LogP contribution is 2.29. The Bertz CT molecular complexity index is 441. The average Bonchev–Trinajstić information content (AvgIpc) is 2.42. The first-order chi connectivity index (χ1) is 6.16. The van der Waals surface area contributed by atoms with Crippen LogP contribution in [0.5, 0.6) is 0 Å². The zero-order valence-electron chi connectivity index (χ0n) is 6.30. The van der Waals surface area contributed by atoms with Crippen molar-refractivity contribution in [3.63, 3.8) is 0 Å². The molecule has 1 aromatic heterocycles. The van der Waals surface area contributed by atoms with Gasteiger partial charge in [-0.05, 0) is 28.1 Å². The molecule has 0 aliphatic heterocycles. The fourth-order valence-electron chi connectivity index (χ4n) is 1.05. The van der Waals surface area contributed by atoms with Crippen molar-refractivity contribution in [2.75, 3.05) is 0 Å². The summed E-state index contributed by atoms with van der Waals surface area (Å²) >= 11 is 4.64. The molecule has 0 radical (unpaired) electrons. The standard InChI is InChI=1S/C8H4BrF2NS/c9-8-12-5-3-4(7(10)11)1-2-6(5)13-8/h1-3,7H. The number of benzene rings is 1. The van der Waals surface area contributed by atoms with Gasteiger partial charge in [-0.1, -0.05) is 6.07 Å². The molecule has 0 fully saturated rings. The van der Waals surface area contributed by atoms with Crippen LogP contribution in [0.3, 0.4) is 0 Å². The summed E-state index contributed by atoms with van der Waals surface area (Å²) in [6.07, 6.45) is -2.43. The predicted molar refractivity (Wildman–Crippen MR) is 52.3 cm³/mol. The van der Waals surface area contributed by atoms with E-state index in [1.165, 1.54) is 23.5 Å². The summed E-state index contributed by atoms with van der Waals surface area (Å²) in [5, 5.41) is 0. The molecule has 2 aromatic rings. The number of alkyl halides is 2. The Morgan fingerprint density at radius 2 is 2.15 bits per heavy atom. The lowest BCUT2D eigenvalue weighted by Crippen LogP contribution is -1.82. The van der Waals surface area contributed by atoms with Crippen molar-refractivity contribution in [2.24, 2.45) is 0 Å². The minimum absolute atomic E-state index is 0.0188. The molecule has 0 spiro atoms. The zero-order valence-corrected chi connectivity index (χ0v) is 8.70. The molecule has 0 amide bonds. The molecule has 68 valence electrons. The lowest BCUT2D eigenvalue weighted by atomic mass is 10.2. The van der Waals surface area contributed by atoms with Gasteiger partial charge in [0, 0.05) is 5.56 Å². The van der Waals surface area contributed by atoms with Gasteiger partial charge in [0.1, 0.15) is 0 Å². The first-order valence-corrected chi connectivity index (χ1v) is 5.12. The van der Waals surface area contributed by atoms with Gasteiger partial charge in [-0.15, -0.1) is 11.3 Å².